The maximum atomic E-state index is 14.4. The molecule has 0 spiro atoms. The van der Waals surface area contributed by atoms with E-state index in [1.54, 1.807) is 46.5 Å². The van der Waals surface area contributed by atoms with E-state index >= 15 is 0 Å². The van der Waals surface area contributed by atoms with Crippen LogP contribution < -0.4 is 5.69 Å². The third-order valence-corrected chi connectivity index (χ3v) is 6.91. The van der Waals surface area contributed by atoms with E-state index in [9.17, 15) is 9.18 Å². The number of halogens is 1. The summed E-state index contributed by atoms with van der Waals surface area (Å²) in [4.78, 5) is 24.4. The molecule has 1 aliphatic carbocycles. The Morgan fingerprint density at radius 1 is 1.13 bits per heavy atom. The zero-order valence-corrected chi connectivity index (χ0v) is 16.7. The molecule has 6 rings (SSSR count). The highest BCUT2D eigenvalue weighted by molar-refractivity contribution is 7.19. The quantitative estimate of drug-likeness (QED) is 0.447. The number of thiophene rings is 1. The second-order valence-corrected chi connectivity index (χ2v) is 8.49. The Labute approximate surface area is 174 Å². The summed E-state index contributed by atoms with van der Waals surface area (Å²) in [5, 5.41) is 5.47. The standard InChI is InChI=1S/C22H16FN5OS/c23-16-8-2-1-5-14(16)12-27-21-18(15-7-3-9-17(15)30-21)20-25-19(26-28(20)22(27)29)13-6-4-10-24-11-13/h1-2,4-6,8,10-11H,3,7,9,12H2. The van der Waals surface area contributed by atoms with Crippen LogP contribution in [0.4, 0.5) is 4.39 Å². The van der Waals surface area contributed by atoms with Gasteiger partial charge >= 0.3 is 5.69 Å². The van der Waals surface area contributed by atoms with Crippen LogP contribution in [0.2, 0.25) is 0 Å². The average molecular weight is 417 g/mol. The van der Waals surface area contributed by atoms with E-state index in [1.165, 1.54) is 21.0 Å². The van der Waals surface area contributed by atoms with Gasteiger partial charge in [-0.15, -0.1) is 16.4 Å². The van der Waals surface area contributed by atoms with Gasteiger partial charge in [-0.1, -0.05) is 18.2 Å². The molecule has 0 aliphatic heterocycles. The first kappa shape index (κ1) is 17.5. The molecule has 0 atom stereocenters. The van der Waals surface area contributed by atoms with Crippen molar-refractivity contribution in [1.29, 1.82) is 0 Å². The van der Waals surface area contributed by atoms with E-state index in [-0.39, 0.29) is 18.1 Å². The Morgan fingerprint density at radius 3 is 2.87 bits per heavy atom. The zero-order valence-electron chi connectivity index (χ0n) is 15.9. The van der Waals surface area contributed by atoms with Gasteiger partial charge in [0.1, 0.15) is 10.6 Å². The van der Waals surface area contributed by atoms with Crippen LogP contribution in [0.1, 0.15) is 22.4 Å². The van der Waals surface area contributed by atoms with Crippen LogP contribution in [0, 0.1) is 5.82 Å². The molecule has 0 saturated heterocycles. The molecule has 0 bridgehead atoms. The predicted molar refractivity (Wildman–Crippen MR) is 113 cm³/mol. The molecule has 30 heavy (non-hydrogen) atoms. The number of aryl methyl sites for hydroxylation is 2. The van der Waals surface area contributed by atoms with Crippen LogP contribution in [0.5, 0.6) is 0 Å². The van der Waals surface area contributed by atoms with Gasteiger partial charge in [-0.3, -0.25) is 9.55 Å². The predicted octanol–water partition coefficient (Wildman–Crippen LogP) is 3.84. The molecular weight excluding hydrogens is 401 g/mol. The molecule has 148 valence electrons. The van der Waals surface area contributed by atoms with Crippen LogP contribution >= 0.6 is 11.3 Å². The summed E-state index contributed by atoms with van der Waals surface area (Å²) < 4.78 is 17.3. The molecule has 8 heteroatoms. The fraction of sp³-hybridized carbons (Fsp3) is 0.182. The van der Waals surface area contributed by atoms with Crippen molar-refractivity contribution >= 4 is 27.2 Å². The number of benzene rings is 1. The van der Waals surface area contributed by atoms with E-state index < -0.39 is 0 Å². The molecule has 6 nitrogen and oxygen atoms in total. The molecule has 0 amide bonds. The number of nitrogens with zero attached hydrogens (tertiary/aromatic N) is 5. The van der Waals surface area contributed by atoms with Gasteiger partial charge in [-0.05, 0) is 43.0 Å². The Hall–Kier alpha value is -3.39. The molecule has 0 saturated carbocycles. The van der Waals surface area contributed by atoms with Crippen molar-refractivity contribution in [3.63, 3.8) is 0 Å². The van der Waals surface area contributed by atoms with Crippen molar-refractivity contribution in [2.45, 2.75) is 25.8 Å². The van der Waals surface area contributed by atoms with Crippen molar-refractivity contribution in [3.05, 3.63) is 81.1 Å². The first-order valence-corrected chi connectivity index (χ1v) is 10.6. The molecule has 0 N–H and O–H groups in total. The summed E-state index contributed by atoms with van der Waals surface area (Å²) in [5.74, 6) is 0.138. The third-order valence-electron chi connectivity index (χ3n) is 5.60. The van der Waals surface area contributed by atoms with Crippen LogP contribution in [0.15, 0.2) is 53.6 Å². The highest BCUT2D eigenvalue weighted by Crippen LogP contribution is 2.39. The summed E-state index contributed by atoms with van der Waals surface area (Å²) in [6.45, 7) is 0.152. The summed E-state index contributed by atoms with van der Waals surface area (Å²) >= 11 is 1.62. The number of aromatic nitrogens is 5. The molecule has 0 fully saturated rings. The molecule has 4 aromatic heterocycles. The monoisotopic (exact) mass is 417 g/mol. The highest BCUT2D eigenvalue weighted by Gasteiger charge is 2.25. The van der Waals surface area contributed by atoms with Gasteiger partial charge in [0.05, 0.1) is 11.9 Å². The topological polar surface area (TPSA) is 65.1 Å². The Balaban J connectivity index is 1.67. The van der Waals surface area contributed by atoms with Gasteiger partial charge in [0.25, 0.3) is 0 Å². The lowest BCUT2D eigenvalue weighted by molar-refractivity contribution is 0.595. The van der Waals surface area contributed by atoms with E-state index in [2.05, 4.69) is 10.1 Å². The molecule has 5 aromatic rings. The molecule has 1 aromatic carbocycles. The van der Waals surface area contributed by atoms with Crippen molar-refractivity contribution in [3.8, 4) is 11.4 Å². The largest absolute Gasteiger partial charge is 0.352 e. The second-order valence-electron chi connectivity index (χ2n) is 7.41. The first-order chi connectivity index (χ1) is 14.7. The van der Waals surface area contributed by atoms with E-state index in [0.29, 0.717) is 17.0 Å². The third kappa shape index (κ3) is 2.53. The Kier molecular flexibility index (Phi) is 3.82. The lowest BCUT2D eigenvalue weighted by Gasteiger charge is -2.09. The maximum Gasteiger partial charge on any atom is 0.352 e. The van der Waals surface area contributed by atoms with Crippen molar-refractivity contribution in [2.24, 2.45) is 0 Å². The normalized spacial score (nSPS) is 13.4. The van der Waals surface area contributed by atoms with Gasteiger partial charge in [-0.2, -0.15) is 4.52 Å². The second kappa shape index (κ2) is 6.56. The smallest absolute Gasteiger partial charge is 0.278 e. The molecular formula is C22H16FN5OS. The van der Waals surface area contributed by atoms with Gasteiger partial charge in [-0.25, -0.2) is 14.2 Å². The van der Waals surface area contributed by atoms with Crippen LogP contribution in [0.3, 0.4) is 0 Å². The molecule has 0 unspecified atom stereocenters. The van der Waals surface area contributed by atoms with Crippen molar-refractivity contribution < 1.29 is 4.39 Å². The molecule has 1 aliphatic rings. The van der Waals surface area contributed by atoms with Gasteiger partial charge in [0.2, 0.25) is 0 Å². The lowest BCUT2D eigenvalue weighted by Crippen LogP contribution is -2.28. The fourth-order valence-electron chi connectivity index (χ4n) is 4.17. The minimum atomic E-state index is -0.323. The number of rotatable bonds is 3. The van der Waals surface area contributed by atoms with Gasteiger partial charge in [0, 0.05) is 28.4 Å². The first-order valence-electron chi connectivity index (χ1n) is 9.78. The van der Waals surface area contributed by atoms with Gasteiger partial charge < -0.3 is 0 Å². The van der Waals surface area contributed by atoms with Crippen molar-refractivity contribution in [2.75, 3.05) is 0 Å². The minimum Gasteiger partial charge on any atom is -0.278 e. The Morgan fingerprint density at radius 2 is 2.03 bits per heavy atom. The van der Waals surface area contributed by atoms with Gasteiger partial charge in [0.15, 0.2) is 11.5 Å². The van der Waals surface area contributed by atoms with Crippen molar-refractivity contribution in [1.82, 2.24) is 24.1 Å². The number of hydrogen-bond donors (Lipinski definition) is 0. The van der Waals surface area contributed by atoms with Crippen LogP contribution in [-0.4, -0.2) is 24.1 Å². The number of pyridine rings is 1. The highest BCUT2D eigenvalue weighted by atomic mass is 32.1. The molecule has 4 heterocycles. The SMILES string of the molecule is O=c1n(Cc2ccccc2F)c2sc3c(c2c2nc(-c4cccnc4)nn12)CCC3. The van der Waals surface area contributed by atoms with Crippen LogP contribution in [0.25, 0.3) is 27.3 Å². The summed E-state index contributed by atoms with van der Waals surface area (Å²) in [7, 11) is 0. The summed E-state index contributed by atoms with van der Waals surface area (Å²) in [6.07, 6.45) is 6.42. The molecule has 0 radical (unpaired) electrons. The zero-order chi connectivity index (χ0) is 20.2. The van der Waals surface area contributed by atoms with E-state index in [1.807, 2.05) is 12.1 Å². The summed E-state index contributed by atoms with van der Waals surface area (Å²) in [5.41, 5.74) is 2.72. The number of hydrogen-bond acceptors (Lipinski definition) is 5. The van der Waals surface area contributed by atoms with E-state index in [4.69, 9.17) is 4.98 Å². The summed E-state index contributed by atoms with van der Waals surface area (Å²) in [6, 6.07) is 10.2. The Bertz CT molecular complexity index is 1480. The number of fused-ring (bicyclic) bond motifs is 5. The average Bonchev–Trinajstić information content (AvgIpc) is 3.47. The van der Waals surface area contributed by atoms with Crippen LogP contribution in [-0.2, 0) is 19.4 Å². The van der Waals surface area contributed by atoms with E-state index in [0.717, 1.165) is 35.0 Å². The fourth-order valence-corrected chi connectivity index (χ4v) is 5.55. The minimum absolute atomic E-state index is 0.152. The lowest BCUT2D eigenvalue weighted by atomic mass is 10.2. The maximum absolute atomic E-state index is 14.4.